The molecule has 7 nitrogen and oxygen atoms in total. The predicted octanol–water partition coefficient (Wildman–Crippen LogP) is 2.96. The summed E-state index contributed by atoms with van der Waals surface area (Å²) in [5, 5.41) is 2.73. The van der Waals surface area contributed by atoms with Gasteiger partial charge >= 0.3 is 0 Å². The monoisotopic (exact) mass is 411 g/mol. The second kappa shape index (κ2) is 9.20. The van der Waals surface area contributed by atoms with E-state index in [2.05, 4.69) is 10.3 Å². The van der Waals surface area contributed by atoms with Crippen LogP contribution in [-0.4, -0.2) is 32.1 Å². The average Bonchev–Trinajstić information content (AvgIpc) is 2.72. The molecule has 0 aliphatic heterocycles. The maximum Gasteiger partial charge on any atom is 0.241 e. The highest BCUT2D eigenvalue weighted by Crippen LogP contribution is 2.33. The van der Waals surface area contributed by atoms with Crippen LogP contribution in [0.4, 0.5) is 5.69 Å². The number of nitrogens with zero attached hydrogens (tertiary/aromatic N) is 2. The maximum atomic E-state index is 12.4. The van der Waals surface area contributed by atoms with Crippen LogP contribution >= 0.6 is 0 Å². The zero-order valence-corrected chi connectivity index (χ0v) is 16.7. The van der Waals surface area contributed by atoms with Crippen molar-refractivity contribution < 1.29 is 17.9 Å². The van der Waals surface area contributed by atoms with E-state index in [1.807, 2.05) is 18.2 Å². The van der Waals surface area contributed by atoms with Crippen LogP contribution in [0.25, 0.3) is 0 Å². The van der Waals surface area contributed by atoms with Gasteiger partial charge in [-0.25, -0.2) is 8.42 Å². The van der Waals surface area contributed by atoms with Gasteiger partial charge in [-0.15, -0.1) is 0 Å². The van der Waals surface area contributed by atoms with Crippen LogP contribution in [0, 0.1) is 0 Å². The first-order chi connectivity index (χ1) is 13.9. The molecule has 1 amide bonds. The van der Waals surface area contributed by atoms with Gasteiger partial charge in [0.25, 0.3) is 0 Å². The Labute approximate surface area is 170 Å². The van der Waals surface area contributed by atoms with Crippen molar-refractivity contribution >= 4 is 21.6 Å². The summed E-state index contributed by atoms with van der Waals surface area (Å²) in [6, 6.07) is 19.3. The second-order valence-corrected chi connectivity index (χ2v) is 8.19. The molecule has 0 saturated heterocycles. The fourth-order valence-corrected chi connectivity index (χ4v) is 3.49. The summed E-state index contributed by atoms with van der Waals surface area (Å²) in [7, 11) is -3.73. The maximum absolute atomic E-state index is 12.4. The number of rotatable bonds is 8. The van der Waals surface area contributed by atoms with Gasteiger partial charge in [0.1, 0.15) is 12.3 Å². The molecule has 29 heavy (non-hydrogen) atoms. The fraction of sp³-hybridized carbons (Fsp3) is 0.143. The van der Waals surface area contributed by atoms with E-state index >= 15 is 0 Å². The number of amides is 1. The smallest absolute Gasteiger partial charge is 0.241 e. The molecule has 3 aromatic rings. The number of nitrogens with one attached hydrogen (secondary N) is 1. The van der Waals surface area contributed by atoms with E-state index in [9.17, 15) is 13.2 Å². The lowest BCUT2D eigenvalue weighted by molar-refractivity contribution is -0.119. The van der Waals surface area contributed by atoms with Crippen LogP contribution in [0.5, 0.6) is 11.5 Å². The lowest BCUT2D eigenvalue weighted by Gasteiger charge is -2.24. The van der Waals surface area contributed by atoms with Crippen molar-refractivity contribution in [3.8, 4) is 11.5 Å². The van der Waals surface area contributed by atoms with Crippen molar-refractivity contribution in [2.75, 3.05) is 17.1 Å². The van der Waals surface area contributed by atoms with Gasteiger partial charge in [0.2, 0.25) is 15.9 Å². The highest BCUT2D eigenvalue weighted by atomic mass is 32.2. The van der Waals surface area contributed by atoms with E-state index < -0.39 is 15.9 Å². The minimum atomic E-state index is -3.73. The van der Waals surface area contributed by atoms with Gasteiger partial charge in [-0.05, 0) is 42.0 Å². The highest BCUT2D eigenvalue weighted by molar-refractivity contribution is 7.92. The molecule has 0 unspecified atom stereocenters. The van der Waals surface area contributed by atoms with Crippen molar-refractivity contribution in [3.05, 3.63) is 84.7 Å². The Hall–Kier alpha value is -3.39. The minimum Gasteiger partial charge on any atom is -0.455 e. The summed E-state index contributed by atoms with van der Waals surface area (Å²) in [6.45, 7) is -0.0831. The average molecular weight is 411 g/mol. The summed E-state index contributed by atoms with van der Waals surface area (Å²) in [4.78, 5) is 16.4. The summed E-state index contributed by atoms with van der Waals surface area (Å²) < 4.78 is 31.7. The van der Waals surface area contributed by atoms with Crippen LogP contribution in [0.15, 0.2) is 79.1 Å². The van der Waals surface area contributed by atoms with E-state index in [1.54, 1.807) is 60.9 Å². The van der Waals surface area contributed by atoms with Crippen molar-refractivity contribution in [2.45, 2.75) is 6.54 Å². The third kappa shape index (κ3) is 5.79. The SMILES string of the molecule is CS(=O)(=O)N(CC(=O)NCc1ccncc1)c1ccccc1Oc1ccccc1. The van der Waals surface area contributed by atoms with Gasteiger partial charge < -0.3 is 10.1 Å². The van der Waals surface area contributed by atoms with Crippen LogP contribution in [0.1, 0.15) is 5.56 Å². The number of sulfonamides is 1. The van der Waals surface area contributed by atoms with Gasteiger partial charge in [-0.2, -0.15) is 0 Å². The van der Waals surface area contributed by atoms with Crippen LogP contribution in [0.2, 0.25) is 0 Å². The number of anilines is 1. The molecular formula is C21H21N3O4S. The fourth-order valence-electron chi connectivity index (χ4n) is 2.63. The Bertz CT molecular complexity index is 1060. The van der Waals surface area contributed by atoms with Crippen LogP contribution < -0.4 is 14.4 Å². The molecule has 150 valence electrons. The van der Waals surface area contributed by atoms with Gasteiger partial charge in [0.15, 0.2) is 5.75 Å². The number of carbonyl (C=O) groups excluding carboxylic acids is 1. The summed E-state index contributed by atoms with van der Waals surface area (Å²) >= 11 is 0. The first-order valence-corrected chi connectivity index (χ1v) is 10.7. The third-order valence-corrected chi connectivity index (χ3v) is 5.16. The van der Waals surface area contributed by atoms with Crippen LogP contribution in [-0.2, 0) is 21.4 Å². The molecule has 8 heteroatoms. The van der Waals surface area contributed by atoms with Gasteiger partial charge in [0.05, 0.1) is 11.9 Å². The summed E-state index contributed by atoms with van der Waals surface area (Å²) in [6.07, 6.45) is 4.31. The number of carbonyl (C=O) groups is 1. The first-order valence-electron chi connectivity index (χ1n) is 8.89. The van der Waals surface area contributed by atoms with Gasteiger partial charge in [-0.3, -0.25) is 14.1 Å². The number of ether oxygens (including phenoxy) is 1. The van der Waals surface area contributed by atoms with E-state index in [0.717, 1.165) is 16.1 Å². The molecule has 0 aliphatic carbocycles. The Kier molecular flexibility index (Phi) is 6.46. The number of para-hydroxylation sites is 3. The van der Waals surface area contributed by atoms with Crippen molar-refractivity contribution in [1.82, 2.24) is 10.3 Å². The number of hydrogen-bond donors (Lipinski definition) is 1. The van der Waals surface area contributed by atoms with Crippen molar-refractivity contribution in [2.24, 2.45) is 0 Å². The molecule has 0 saturated carbocycles. The summed E-state index contributed by atoms with van der Waals surface area (Å²) in [5.74, 6) is 0.475. The molecule has 1 aromatic heterocycles. The molecule has 0 fully saturated rings. The number of aromatic nitrogens is 1. The van der Waals surface area contributed by atoms with Crippen molar-refractivity contribution in [1.29, 1.82) is 0 Å². The molecule has 0 bridgehead atoms. The molecule has 1 heterocycles. The Morgan fingerprint density at radius 1 is 1.00 bits per heavy atom. The number of hydrogen-bond acceptors (Lipinski definition) is 5. The van der Waals surface area contributed by atoms with E-state index in [1.165, 1.54) is 0 Å². The lowest BCUT2D eigenvalue weighted by Crippen LogP contribution is -2.40. The molecule has 0 atom stereocenters. The van der Waals surface area contributed by atoms with Gasteiger partial charge in [0, 0.05) is 18.9 Å². The molecule has 3 rings (SSSR count). The number of benzene rings is 2. The van der Waals surface area contributed by atoms with Gasteiger partial charge in [-0.1, -0.05) is 30.3 Å². The predicted molar refractivity (Wildman–Crippen MR) is 111 cm³/mol. The molecular weight excluding hydrogens is 390 g/mol. The normalized spacial score (nSPS) is 10.9. The Morgan fingerprint density at radius 3 is 2.34 bits per heavy atom. The standard InChI is InChI=1S/C21H21N3O4S/c1-29(26,27)24(16-21(25)23-15-17-11-13-22-14-12-17)19-9-5-6-10-20(19)28-18-7-3-2-4-8-18/h2-14H,15-16H2,1H3,(H,23,25). The topological polar surface area (TPSA) is 88.6 Å². The highest BCUT2D eigenvalue weighted by Gasteiger charge is 2.24. The lowest BCUT2D eigenvalue weighted by atomic mass is 10.2. The second-order valence-electron chi connectivity index (χ2n) is 6.28. The first kappa shape index (κ1) is 20.3. The molecule has 0 spiro atoms. The largest absolute Gasteiger partial charge is 0.455 e. The minimum absolute atomic E-state index is 0.279. The quantitative estimate of drug-likeness (QED) is 0.616. The van der Waals surface area contributed by atoms with E-state index in [4.69, 9.17) is 4.74 Å². The zero-order chi connectivity index (χ0) is 20.7. The molecule has 1 N–H and O–H groups in total. The Morgan fingerprint density at radius 2 is 1.66 bits per heavy atom. The molecule has 2 aromatic carbocycles. The van der Waals surface area contributed by atoms with Crippen LogP contribution in [0.3, 0.4) is 0 Å². The van der Waals surface area contributed by atoms with E-state index in [0.29, 0.717) is 11.5 Å². The number of pyridine rings is 1. The van der Waals surface area contributed by atoms with Crippen molar-refractivity contribution in [3.63, 3.8) is 0 Å². The summed E-state index contributed by atoms with van der Waals surface area (Å²) in [5.41, 5.74) is 1.16. The van der Waals surface area contributed by atoms with E-state index in [-0.39, 0.29) is 18.8 Å². The third-order valence-electron chi connectivity index (χ3n) is 4.03. The zero-order valence-electron chi connectivity index (χ0n) is 15.9. The Balaban J connectivity index is 1.80. The molecule has 0 aliphatic rings. The molecule has 0 radical (unpaired) electrons.